The molecule has 1 aliphatic heterocycles. The molecular formula is C27H29FN4O2. The minimum atomic E-state index is -0.416. The summed E-state index contributed by atoms with van der Waals surface area (Å²) in [6.45, 7) is 9.18. The quantitative estimate of drug-likeness (QED) is 0.427. The molecule has 2 amide bonds. The standard InChI is InChI=1S/C27H29FN4O2/c1-4-32(5-2)14-13-29-27(34)24-17(3)30-23(25(24)18-9-7-6-8-10-18)16-21-20-15-19(28)11-12-22(20)31-26(21)33/h6-12,15-16,30H,4-5,13-14H2,1-3H3,(H,29,34)(H,31,33)/b21-16-. The number of rotatable bonds is 8. The highest BCUT2D eigenvalue weighted by molar-refractivity contribution is 6.35. The lowest BCUT2D eigenvalue weighted by Crippen LogP contribution is -2.35. The van der Waals surface area contributed by atoms with Crippen molar-refractivity contribution < 1.29 is 14.0 Å². The zero-order valence-corrected chi connectivity index (χ0v) is 19.7. The smallest absolute Gasteiger partial charge is 0.256 e. The van der Waals surface area contributed by atoms with Gasteiger partial charge in [0, 0.05) is 41.3 Å². The molecule has 2 heterocycles. The van der Waals surface area contributed by atoms with Crippen LogP contribution in [-0.2, 0) is 4.79 Å². The Bertz CT molecular complexity index is 1240. The van der Waals surface area contributed by atoms with Crippen molar-refractivity contribution in [3.8, 4) is 11.1 Å². The van der Waals surface area contributed by atoms with E-state index in [1.807, 2.05) is 37.3 Å². The second-order valence-corrected chi connectivity index (χ2v) is 8.26. The van der Waals surface area contributed by atoms with Gasteiger partial charge < -0.3 is 20.5 Å². The van der Waals surface area contributed by atoms with Gasteiger partial charge in [-0.25, -0.2) is 4.39 Å². The number of aryl methyl sites for hydroxylation is 1. The van der Waals surface area contributed by atoms with Crippen LogP contribution in [0.15, 0.2) is 48.5 Å². The van der Waals surface area contributed by atoms with Crippen molar-refractivity contribution in [1.29, 1.82) is 0 Å². The van der Waals surface area contributed by atoms with E-state index in [1.54, 1.807) is 12.1 Å². The Labute approximate surface area is 198 Å². The first kappa shape index (κ1) is 23.4. The van der Waals surface area contributed by atoms with Gasteiger partial charge in [0.25, 0.3) is 11.8 Å². The number of nitrogens with zero attached hydrogens (tertiary/aromatic N) is 1. The molecule has 7 heteroatoms. The number of aromatic nitrogens is 1. The first-order chi connectivity index (χ1) is 16.4. The predicted octanol–water partition coefficient (Wildman–Crippen LogP) is 4.69. The van der Waals surface area contributed by atoms with Gasteiger partial charge in [0.15, 0.2) is 0 Å². The average molecular weight is 461 g/mol. The van der Waals surface area contributed by atoms with E-state index >= 15 is 0 Å². The summed E-state index contributed by atoms with van der Waals surface area (Å²) in [6.07, 6.45) is 1.70. The van der Waals surface area contributed by atoms with E-state index in [4.69, 9.17) is 0 Å². The molecule has 6 nitrogen and oxygen atoms in total. The Morgan fingerprint density at radius 2 is 1.85 bits per heavy atom. The van der Waals surface area contributed by atoms with Gasteiger partial charge in [-0.15, -0.1) is 0 Å². The Kier molecular flexibility index (Phi) is 6.93. The van der Waals surface area contributed by atoms with Crippen LogP contribution >= 0.6 is 0 Å². The Balaban J connectivity index is 1.75. The summed E-state index contributed by atoms with van der Waals surface area (Å²) in [4.78, 5) is 31.5. The molecule has 3 aromatic rings. The molecule has 3 N–H and O–H groups in total. The Morgan fingerprint density at radius 1 is 1.12 bits per heavy atom. The number of carbonyl (C=O) groups excluding carboxylic acids is 2. The monoisotopic (exact) mass is 460 g/mol. The van der Waals surface area contributed by atoms with Crippen molar-refractivity contribution in [3.05, 3.63) is 76.9 Å². The van der Waals surface area contributed by atoms with Crippen LogP contribution in [0.5, 0.6) is 0 Å². The lowest BCUT2D eigenvalue weighted by Gasteiger charge is -2.18. The summed E-state index contributed by atoms with van der Waals surface area (Å²) in [5, 5.41) is 5.81. The van der Waals surface area contributed by atoms with Crippen molar-refractivity contribution in [2.24, 2.45) is 0 Å². The number of nitrogens with one attached hydrogen (secondary N) is 3. The Hall–Kier alpha value is -3.71. The molecule has 0 saturated carbocycles. The molecule has 34 heavy (non-hydrogen) atoms. The first-order valence-electron chi connectivity index (χ1n) is 11.5. The number of hydrogen-bond acceptors (Lipinski definition) is 3. The van der Waals surface area contributed by atoms with Crippen LogP contribution in [0.1, 0.15) is 41.2 Å². The molecule has 0 unspecified atom stereocenters. The second kappa shape index (κ2) is 10.1. The highest BCUT2D eigenvalue weighted by Crippen LogP contribution is 2.37. The van der Waals surface area contributed by atoms with Crippen molar-refractivity contribution in [3.63, 3.8) is 0 Å². The predicted molar refractivity (Wildman–Crippen MR) is 134 cm³/mol. The second-order valence-electron chi connectivity index (χ2n) is 8.26. The van der Waals surface area contributed by atoms with E-state index in [0.717, 1.165) is 25.2 Å². The number of fused-ring (bicyclic) bond motifs is 1. The number of aromatic amines is 1. The third-order valence-corrected chi connectivity index (χ3v) is 6.17. The lowest BCUT2D eigenvalue weighted by molar-refractivity contribution is -0.110. The van der Waals surface area contributed by atoms with Crippen molar-refractivity contribution in [1.82, 2.24) is 15.2 Å². The summed E-state index contributed by atoms with van der Waals surface area (Å²) >= 11 is 0. The van der Waals surface area contributed by atoms with E-state index in [9.17, 15) is 14.0 Å². The van der Waals surface area contributed by atoms with Crippen molar-refractivity contribution in [2.75, 3.05) is 31.5 Å². The van der Waals surface area contributed by atoms with Crippen molar-refractivity contribution >= 4 is 29.2 Å². The molecule has 1 aromatic heterocycles. The molecule has 4 rings (SSSR count). The molecule has 0 spiro atoms. The zero-order valence-electron chi connectivity index (χ0n) is 19.7. The molecule has 1 aliphatic rings. The minimum Gasteiger partial charge on any atom is -0.358 e. The van der Waals surface area contributed by atoms with E-state index < -0.39 is 5.82 Å². The molecule has 0 saturated heterocycles. The van der Waals surface area contributed by atoms with Crippen LogP contribution in [0, 0.1) is 12.7 Å². The number of H-pyrrole nitrogens is 1. The van der Waals surface area contributed by atoms with Crippen LogP contribution in [0.3, 0.4) is 0 Å². The highest BCUT2D eigenvalue weighted by Gasteiger charge is 2.27. The van der Waals surface area contributed by atoms with Gasteiger partial charge in [-0.2, -0.15) is 0 Å². The molecule has 176 valence electrons. The maximum Gasteiger partial charge on any atom is 0.256 e. The summed E-state index contributed by atoms with van der Waals surface area (Å²) < 4.78 is 13.9. The van der Waals surface area contributed by atoms with E-state index in [-0.39, 0.29) is 11.8 Å². The normalized spacial score (nSPS) is 13.9. The molecule has 0 radical (unpaired) electrons. The van der Waals surface area contributed by atoms with E-state index in [1.165, 1.54) is 12.1 Å². The fraction of sp³-hybridized carbons (Fsp3) is 0.259. The van der Waals surface area contributed by atoms with Crippen LogP contribution < -0.4 is 10.6 Å². The topological polar surface area (TPSA) is 77.2 Å². The van der Waals surface area contributed by atoms with E-state index in [2.05, 4.69) is 34.4 Å². The van der Waals surface area contributed by atoms with Crippen LogP contribution in [0.2, 0.25) is 0 Å². The van der Waals surface area contributed by atoms with Crippen molar-refractivity contribution in [2.45, 2.75) is 20.8 Å². The van der Waals surface area contributed by atoms with Gasteiger partial charge in [-0.05, 0) is 49.9 Å². The highest BCUT2D eigenvalue weighted by atomic mass is 19.1. The first-order valence-corrected chi connectivity index (χ1v) is 11.5. The fourth-order valence-corrected chi connectivity index (χ4v) is 4.35. The minimum absolute atomic E-state index is 0.174. The van der Waals surface area contributed by atoms with E-state index in [0.29, 0.717) is 45.9 Å². The third kappa shape index (κ3) is 4.65. The van der Waals surface area contributed by atoms with Crippen LogP contribution in [0.4, 0.5) is 10.1 Å². The lowest BCUT2D eigenvalue weighted by atomic mass is 9.97. The van der Waals surface area contributed by atoms with Gasteiger partial charge in [0.1, 0.15) is 5.82 Å². The van der Waals surface area contributed by atoms with Gasteiger partial charge in [-0.3, -0.25) is 9.59 Å². The summed E-state index contributed by atoms with van der Waals surface area (Å²) in [7, 11) is 0. The van der Waals surface area contributed by atoms with Gasteiger partial charge in [0.05, 0.1) is 11.1 Å². The number of carbonyl (C=O) groups is 2. The summed E-state index contributed by atoms with van der Waals surface area (Å²) in [6, 6.07) is 13.8. The molecular weight excluding hydrogens is 431 g/mol. The summed E-state index contributed by atoms with van der Waals surface area (Å²) in [5.41, 5.74) is 4.84. The maximum absolute atomic E-state index is 13.9. The molecule has 0 fully saturated rings. The van der Waals surface area contributed by atoms with Gasteiger partial charge in [-0.1, -0.05) is 44.2 Å². The molecule has 0 aliphatic carbocycles. The number of likely N-dealkylation sites (N-methyl/N-ethyl adjacent to an activating group) is 1. The Morgan fingerprint density at radius 3 is 2.56 bits per heavy atom. The van der Waals surface area contributed by atoms with Gasteiger partial charge in [0.2, 0.25) is 0 Å². The molecule has 2 aromatic carbocycles. The van der Waals surface area contributed by atoms with Crippen LogP contribution in [0.25, 0.3) is 22.8 Å². The number of amides is 2. The summed E-state index contributed by atoms with van der Waals surface area (Å²) in [5.74, 6) is -0.899. The molecule has 0 bridgehead atoms. The zero-order chi connectivity index (χ0) is 24.2. The number of anilines is 1. The molecule has 0 atom stereocenters. The number of benzene rings is 2. The number of halogens is 1. The number of hydrogen-bond donors (Lipinski definition) is 3. The largest absolute Gasteiger partial charge is 0.358 e. The SMILES string of the molecule is CCN(CC)CCNC(=O)c1c(C)[nH]c(/C=C2\C(=O)Nc3ccc(F)cc32)c1-c1ccccc1. The third-order valence-electron chi connectivity index (χ3n) is 6.17. The fourth-order valence-electron chi connectivity index (χ4n) is 4.35. The maximum atomic E-state index is 13.9. The van der Waals surface area contributed by atoms with Gasteiger partial charge >= 0.3 is 0 Å². The van der Waals surface area contributed by atoms with Crippen LogP contribution in [-0.4, -0.2) is 47.9 Å². The average Bonchev–Trinajstić information content (AvgIpc) is 3.33.